The lowest BCUT2D eigenvalue weighted by Crippen LogP contribution is -2.30. The molecule has 73 heavy (non-hydrogen) atoms. The number of rotatable bonds is 61. The summed E-state index contributed by atoms with van der Waals surface area (Å²) in [4.78, 5) is 38.4. The summed E-state index contributed by atoms with van der Waals surface area (Å²) in [5.41, 5.74) is 0. The molecule has 6 nitrogen and oxygen atoms in total. The molecule has 0 rings (SSSR count). The van der Waals surface area contributed by atoms with Gasteiger partial charge in [0.2, 0.25) is 0 Å². The van der Waals surface area contributed by atoms with Gasteiger partial charge in [-0.3, -0.25) is 14.4 Å². The van der Waals surface area contributed by atoms with E-state index in [-0.39, 0.29) is 31.1 Å². The third-order valence-electron chi connectivity index (χ3n) is 15.8. The highest BCUT2D eigenvalue weighted by molar-refractivity contribution is 5.71. The number of hydrogen-bond donors (Lipinski definition) is 0. The van der Waals surface area contributed by atoms with Gasteiger partial charge in [0.1, 0.15) is 13.2 Å². The third kappa shape index (κ3) is 59.5. The molecule has 0 aromatic heterocycles. The van der Waals surface area contributed by atoms with Crippen molar-refractivity contribution in [3.63, 3.8) is 0 Å². The van der Waals surface area contributed by atoms with Crippen LogP contribution in [0.3, 0.4) is 0 Å². The van der Waals surface area contributed by atoms with Crippen molar-refractivity contribution >= 4 is 17.9 Å². The van der Waals surface area contributed by atoms with E-state index in [1.54, 1.807) is 0 Å². The van der Waals surface area contributed by atoms with Crippen LogP contribution in [0.25, 0.3) is 0 Å². The first-order chi connectivity index (χ1) is 35.8. The maximum atomic E-state index is 12.9. The zero-order valence-corrected chi connectivity index (χ0v) is 50.3. The molecule has 0 fully saturated rings. The Bertz CT molecular complexity index is 1120. The zero-order valence-electron chi connectivity index (χ0n) is 50.3. The Morgan fingerprint density at radius 1 is 0.288 bits per heavy atom. The average molecular weight is 1030 g/mol. The highest BCUT2D eigenvalue weighted by atomic mass is 16.6. The van der Waals surface area contributed by atoms with Gasteiger partial charge in [0.15, 0.2) is 6.10 Å². The Morgan fingerprint density at radius 2 is 0.521 bits per heavy atom. The van der Waals surface area contributed by atoms with Gasteiger partial charge < -0.3 is 14.2 Å². The minimum Gasteiger partial charge on any atom is -0.462 e. The molecule has 0 aromatic carbocycles. The number of carbonyl (C=O) groups is 3. The van der Waals surface area contributed by atoms with Gasteiger partial charge in [-0.15, -0.1) is 0 Å². The van der Waals surface area contributed by atoms with E-state index in [0.29, 0.717) is 19.3 Å². The number of esters is 3. The quantitative estimate of drug-likeness (QED) is 0.0343. The van der Waals surface area contributed by atoms with E-state index < -0.39 is 6.10 Å². The van der Waals surface area contributed by atoms with Gasteiger partial charge in [0.25, 0.3) is 0 Å². The molecule has 6 heteroatoms. The lowest BCUT2D eigenvalue weighted by Gasteiger charge is -2.18. The van der Waals surface area contributed by atoms with Crippen molar-refractivity contribution in [3.8, 4) is 0 Å². The van der Waals surface area contributed by atoms with E-state index in [1.807, 2.05) is 0 Å². The van der Waals surface area contributed by atoms with E-state index >= 15 is 0 Å². The van der Waals surface area contributed by atoms with Crippen molar-refractivity contribution in [2.45, 2.75) is 387 Å². The normalized spacial score (nSPS) is 12.4. The molecule has 0 aliphatic heterocycles. The standard InChI is InChI=1S/C67H130O6/c1-6-8-9-10-11-12-13-14-15-16-20-23-26-32-37-42-47-52-57-65(68)71-60-64(61-72-66(69)58-53-48-43-38-33-29-28-30-35-40-45-50-55-62(3)4)73-67(70)59-54-49-44-39-34-27-24-21-18-17-19-22-25-31-36-41-46-51-56-63(5)7-2/h62-64H,6-61H2,1-5H3/t63?,64-/m0/s1. The predicted octanol–water partition coefficient (Wildman–Crippen LogP) is 22.4. The SMILES string of the molecule is CCCCCCCCCCCCCCCCCCCCC(=O)OC[C@@H](COC(=O)CCCCCCCCCCCCCCC(C)C)OC(=O)CCCCCCCCCCCCCCCCCCCCC(C)CC. The molecule has 2 atom stereocenters. The number of ether oxygens (including phenoxy) is 3. The molecule has 0 heterocycles. The molecule has 0 aliphatic carbocycles. The van der Waals surface area contributed by atoms with Crippen LogP contribution in [-0.2, 0) is 28.6 Å². The Labute approximate surface area is 457 Å². The Hall–Kier alpha value is -1.59. The zero-order chi connectivity index (χ0) is 53.2. The summed E-state index contributed by atoms with van der Waals surface area (Å²) in [6, 6.07) is 0. The summed E-state index contributed by atoms with van der Waals surface area (Å²) in [5, 5.41) is 0. The first-order valence-electron chi connectivity index (χ1n) is 33.3. The van der Waals surface area contributed by atoms with Crippen molar-refractivity contribution in [1.29, 1.82) is 0 Å². The van der Waals surface area contributed by atoms with Gasteiger partial charge in [-0.05, 0) is 31.1 Å². The maximum absolute atomic E-state index is 12.9. The fourth-order valence-corrected chi connectivity index (χ4v) is 10.4. The van der Waals surface area contributed by atoms with Gasteiger partial charge in [0, 0.05) is 19.3 Å². The van der Waals surface area contributed by atoms with Gasteiger partial charge in [-0.1, -0.05) is 343 Å². The highest BCUT2D eigenvalue weighted by Gasteiger charge is 2.19. The second-order valence-corrected chi connectivity index (χ2v) is 23.8. The molecule has 0 saturated heterocycles. The molecule has 0 aliphatic rings. The smallest absolute Gasteiger partial charge is 0.306 e. The van der Waals surface area contributed by atoms with Crippen molar-refractivity contribution in [3.05, 3.63) is 0 Å². The van der Waals surface area contributed by atoms with Gasteiger partial charge >= 0.3 is 17.9 Å². The van der Waals surface area contributed by atoms with Crippen molar-refractivity contribution in [1.82, 2.24) is 0 Å². The van der Waals surface area contributed by atoms with Crippen LogP contribution in [0.15, 0.2) is 0 Å². The van der Waals surface area contributed by atoms with Crippen LogP contribution in [0, 0.1) is 11.8 Å². The van der Waals surface area contributed by atoms with Gasteiger partial charge in [-0.25, -0.2) is 0 Å². The minimum absolute atomic E-state index is 0.0616. The van der Waals surface area contributed by atoms with Crippen LogP contribution >= 0.6 is 0 Å². The Balaban J connectivity index is 4.27. The van der Waals surface area contributed by atoms with Crippen LogP contribution in [-0.4, -0.2) is 37.2 Å². The second kappa shape index (κ2) is 59.7. The summed E-state index contributed by atoms with van der Waals surface area (Å²) >= 11 is 0. The molecule has 434 valence electrons. The van der Waals surface area contributed by atoms with E-state index in [0.717, 1.165) is 69.6 Å². The van der Waals surface area contributed by atoms with E-state index in [1.165, 1.54) is 270 Å². The van der Waals surface area contributed by atoms with Crippen molar-refractivity contribution < 1.29 is 28.6 Å². The molecule has 0 radical (unpaired) electrons. The van der Waals surface area contributed by atoms with Crippen molar-refractivity contribution in [2.75, 3.05) is 13.2 Å². The van der Waals surface area contributed by atoms with Crippen LogP contribution < -0.4 is 0 Å². The molecule has 0 spiro atoms. The fourth-order valence-electron chi connectivity index (χ4n) is 10.4. The van der Waals surface area contributed by atoms with Crippen LogP contribution in [0.2, 0.25) is 0 Å². The highest BCUT2D eigenvalue weighted by Crippen LogP contribution is 2.20. The molecule has 0 bridgehead atoms. The van der Waals surface area contributed by atoms with E-state index in [2.05, 4.69) is 34.6 Å². The molecule has 0 saturated carbocycles. The summed E-state index contributed by atoms with van der Waals surface area (Å²) in [6.45, 7) is 11.5. The third-order valence-corrected chi connectivity index (χ3v) is 15.8. The molecule has 1 unspecified atom stereocenters. The maximum Gasteiger partial charge on any atom is 0.306 e. The molecule has 0 amide bonds. The Kier molecular flexibility index (Phi) is 58.4. The fraction of sp³-hybridized carbons (Fsp3) is 0.955. The number of unbranched alkanes of at least 4 members (excludes halogenated alkanes) is 45. The number of carbonyl (C=O) groups excluding carboxylic acids is 3. The molecule has 0 N–H and O–H groups in total. The predicted molar refractivity (Wildman–Crippen MR) is 316 cm³/mol. The van der Waals surface area contributed by atoms with Gasteiger partial charge in [-0.2, -0.15) is 0 Å². The number of hydrogen-bond acceptors (Lipinski definition) is 6. The van der Waals surface area contributed by atoms with Crippen LogP contribution in [0.1, 0.15) is 381 Å². The lowest BCUT2D eigenvalue weighted by molar-refractivity contribution is -0.167. The summed E-state index contributed by atoms with van der Waals surface area (Å²) in [5.74, 6) is 0.914. The summed E-state index contributed by atoms with van der Waals surface area (Å²) in [7, 11) is 0. The van der Waals surface area contributed by atoms with E-state index in [4.69, 9.17) is 14.2 Å². The van der Waals surface area contributed by atoms with Crippen LogP contribution in [0.5, 0.6) is 0 Å². The second-order valence-electron chi connectivity index (χ2n) is 23.8. The van der Waals surface area contributed by atoms with Gasteiger partial charge in [0.05, 0.1) is 0 Å². The minimum atomic E-state index is -0.764. The lowest BCUT2D eigenvalue weighted by atomic mass is 9.99. The Morgan fingerprint density at radius 3 is 0.781 bits per heavy atom. The monoisotopic (exact) mass is 1030 g/mol. The van der Waals surface area contributed by atoms with E-state index in [9.17, 15) is 14.4 Å². The average Bonchev–Trinajstić information content (AvgIpc) is 3.38. The summed E-state index contributed by atoms with van der Waals surface area (Å²) < 4.78 is 17.0. The molecular weight excluding hydrogens is 901 g/mol. The summed E-state index contributed by atoms with van der Waals surface area (Å²) in [6.07, 6.45) is 66.8. The molecule has 0 aromatic rings. The largest absolute Gasteiger partial charge is 0.462 e. The molecular formula is C67H130O6. The topological polar surface area (TPSA) is 78.9 Å². The van der Waals surface area contributed by atoms with Crippen LogP contribution in [0.4, 0.5) is 0 Å². The first kappa shape index (κ1) is 71.4. The van der Waals surface area contributed by atoms with Crippen molar-refractivity contribution in [2.24, 2.45) is 11.8 Å². The first-order valence-corrected chi connectivity index (χ1v) is 33.3.